The minimum atomic E-state index is -0.958. The average molecular weight is 555 g/mol. The van der Waals surface area contributed by atoms with E-state index in [0.717, 1.165) is 0 Å². The Balaban J connectivity index is 1.92. The molecule has 1 aliphatic heterocycles. The van der Waals surface area contributed by atoms with Crippen LogP contribution in [0.5, 0.6) is 0 Å². The van der Waals surface area contributed by atoms with Gasteiger partial charge in [-0.3, -0.25) is 24.5 Å². The first kappa shape index (κ1) is 21.8. The van der Waals surface area contributed by atoms with Crippen molar-refractivity contribution >= 4 is 49.2 Å². The fourth-order valence-electron chi connectivity index (χ4n) is 4.38. The lowest BCUT2D eigenvalue weighted by Crippen LogP contribution is -2.44. The molecule has 0 radical (unpaired) electrons. The fourth-order valence-corrected chi connectivity index (χ4v) is 5.89. The summed E-state index contributed by atoms with van der Waals surface area (Å²) in [5, 5.41) is 14.0. The molecule has 1 N–H and O–H groups in total. The van der Waals surface area contributed by atoms with E-state index in [1.54, 1.807) is 18.3 Å². The van der Waals surface area contributed by atoms with Crippen LogP contribution < -0.4 is 5.32 Å². The molecule has 1 aromatic rings. The van der Waals surface area contributed by atoms with Crippen molar-refractivity contribution in [2.24, 2.45) is 5.41 Å². The Morgan fingerprint density at radius 1 is 1.19 bits per heavy atom. The molecular weight excluding hydrogens is 538 g/mol. The van der Waals surface area contributed by atoms with Crippen LogP contribution in [0, 0.1) is 15.5 Å². The molecule has 0 fully saturated rings. The molecule has 9 nitrogen and oxygen atoms in total. The molecule has 4 rings (SSSR count). The molecule has 11 heteroatoms. The fraction of sp³-hybridized carbons (Fsp3) is 0.350. The summed E-state index contributed by atoms with van der Waals surface area (Å²) in [7, 11) is 1.46. The van der Waals surface area contributed by atoms with Crippen LogP contribution in [0.4, 0.5) is 0 Å². The van der Waals surface area contributed by atoms with Crippen LogP contribution in [0.3, 0.4) is 0 Å². The number of Topliss-reactive ketones (excluding diaryl/α,β-unsaturated/α-hetero) is 3. The van der Waals surface area contributed by atoms with Gasteiger partial charge in [-0.25, -0.2) is 0 Å². The Hall–Kier alpha value is -2.37. The van der Waals surface area contributed by atoms with Gasteiger partial charge in [-0.1, -0.05) is 12.2 Å². The lowest BCUT2D eigenvalue weighted by molar-refractivity contribution is -0.479. The lowest BCUT2D eigenvalue weighted by Gasteiger charge is -2.39. The lowest BCUT2D eigenvalue weighted by atomic mass is 9.67. The molecule has 0 aromatic carbocycles. The zero-order valence-electron chi connectivity index (χ0n) is 16.4. The van der Waals surface area contributed by atoms with Crippen molar-refractivity contribution < 1.29 is 24.0 Å². The van der Waals surface area contributed by atoms with E-state index in [9.17, 15) is 24.5 Å². The normalized spacial score (nSPS) is 19.6. The maximum atomic E-state index is 13.8. The van der Waals surface area contributed by atoms with Crippen LogP contribution in [0.25, 0.3) is 0 Å². The highest BCUT2D eigenvalue weighted by Gasteiger charge is 2.49. The minimum Gasteiger partial charge on any atom is -0.381 e. The third-order valence-corrected chi connectivity index (χ3v) is 6.82. The molecule has 31 heavy (non-hydrogen) atoms. The number of hydrogen-bond acceptors (Lipinski definition) is 7. The predicted molar refractivity (Wildman–Crippen MR) is 117 cm³/mol. The van der Waals surface area contributed by atoms with Gasteiger partial charge in [0.25, 0.3) is 0 Å². The van der Waals surface area contributed by atoms with Gasteiger partial charge in [-0.05, 0) is 43.8 Å². The van der Waals surface area contributed by atoms with Gasteiger partial charge < -0.3 is 14.6 Å². The zero-order valence-corrected chi connectivity index (χ0v) is 19.5. The first-order valence-corrected chi connectivity index (χ1v) is 11.0. The van der Waals surface area contributed by atoms with Gasteiger partial charge in [0, 0.05) is 42.2 Å². The number of methoxy groups -OCH3 is 1. The van der Waals surface area contributed by atoms with Crippen molar-refractivity contribution in [3.8, 4) is 0 Å². The third-order valence-electron chi connectivity index (χ3n) is 5.64. The number of carbonyl (C=O) groups excluding carboxylic acids is 3. The number of ketones is 3. The molecular formula is C20H17Br2N3O6. The van der Waals surface area contributed by atoms with Gasteiger partial charge >= 0.3 is 0 Å². The van der Waals surface area contributed by atoms with Crippen LogP contribution in [-0.2, 0) is 22.7 Å². The Morgan fingerprint density at radius 3 is 2.48 bits per heavy atom. The zero-order chi connectivity index (χ0) is 22.5. The first-order chi connectivity index (χ1) is 14.7. The second kappa shape index (κ2) is 7.95. The summed E-state index contributed by atoms with van der Waals surface area (Å²) in [6, 6.07) is 0. The molecule has 162 valence electrons. The maximum absolute atomic E-state index is 13.8. The summed E-state index contributed by atoms with van der Waals surface area (Å²) >= 11 is 6.55. The highest BCUT2D eigenvalue weighted by molar-refractivity contribution is 9.13. The average Bonchev–Trinajstić information content (AvgIpc) is 3.07. The number of aromatic nitrogens is 1. The van der Waals surface area contributed by atoms with Crippen LogP contribution in [0.15, 0.2) is 38.6 Å². The molecule has 0 saturated carbocycles. The Labute approximate surface area is 193 Å². The number of carbonyl (C=O) groups is 3. The van der Waals surface area contributed by atoms with E-state index < -0.39 is 10.3 Å². The number of ether oxygens (including phenoxy) is 1. The van der Waals surface area contributed by atoms with Gasteiger partial charge in [0.05, 0.1) is 20.2 Å². The molecule has 1 aromatic heterocycles. The number of rotatable bonds is 5. The molecule has 0 atom stereocenters. The number of halogens is 2. The van der Waals surface area contributed by atoms with Crippen LogP contribution in [0.1, 0.15) is 32.8 Å². The van der Waals surface area contributed by atoms with E-state index in [0.29, 0.717) is 27.5 Å². The monoisotopic (exact) mass is 553 g/mol. The van der Waals surface area contributed by atoms with Crippen molar-refractivity contribution in [3.63, 3.8) is 0 Å². The quantitative estimate of drug-likeness (QED) is 0.438. The van der Waals surface area contributed by atoms with Crippen molar-refractivity contribution in [3.05, 3.63) is 65.5 Å². The summed E-state index contributed by atoms with van der Waals surface area (Å²) in [5.74, 6) is -1.01. The van der Waals surface area contributed by atoms with Crippen molar-refractivity contribution in [2.45, 2.75) is 19.6 Å². The van der Waals surface area contributed by atoms with Gasteiger partial charge in [0.1, 0.15) is 12.4 Å². The largest absolute Gasteiger partial charge is 0.381 e. The van der Waals surface area contributed by atoms with Gasteiger partial charge in [0.15, 0.2) is 5.78 Å². The Kier molecular flexibility index (Phi) is 5.61. The smallest absolute Gasteiger partial charge is 0.226 e. The van der Waals surface area contributed by atoms with Crippen LogP contribution >= 0.6 is 31.9 Å². The molecule has 3 aliphatic rings. The molecule has 0 bridgehead atoms. The van der Waals surface area contributed by atoms with Crippen LogP contribution in [-0.4, -0.2) is 47.0 Å². The number of nitrogens with one attached hydrogen (secondary N) is 1. The standard InChI is InChI=1S/C20H17Br2N3O6/c1-31-9-24-8-10(2-5-25(29)30)13-16(24)19(28)15-14(18(13)27)20(3-4-23-15)6-11(21)17(26)12(22)7-20/h6-8,23H,2-5,9H2,1H3. The Bertz CT molecular complexity index is 1120. The number of nitro groups is 1. The number of hydrogen-bond donors (Lipinski definition) is 1. The van der Waals surface area contributed by atoms with E-state index >= 15 is 0 Å². The highest BCUT2D eigenvalue weighted by atomic mass is 79.9. The summed E-state index contributed by atoms with van der Waals surface area (Å²) in [6.07, 6.45) is 5.36. The molecule has 2 aliphatic carbocycles. The minimum absolute atomic E-state index is 0.00562. The molecule has 0 saturated heterocycles. The third kappa shape index (κ3) is 3.44. The van der Waals surface area contributed by atoms with Crippen LogP contribution in [0.2, 0.25) is 0 Å². The molecule has 1 spiro atoms. The summed E-state index contributed by atoms with van der Waals surface area (Å²) in [4.78, 5) is 50.0. The Morgan fingerprint density at radius 2 is 1.87 bits per heavy atom. The van der Waals surface area contributed by atoms with E-state index in [-0.39, 0.29) is 59.6 Å². The van der Waals surface area contributed by atoms with Crippen molar-refractivity contribution in [1.29, 1.82) is 0 Å². The van der Waals surface area contributed by atoms with E-state index in [1.165, 1.54) is 11.7 Å². The highest BCUT2D eigenvalue weighted by Crippen LogP contribution is 2.49. The van der Waals surface area contributed by atoms with E-state index in [1.807, 2.05) is 0 Å². The first-order valence-electron chi connectivity index (χ1n) is 9.42. The summed E-state index contributed by atoms with van der Waals surface area (Å²) in [5.41, 5.74) is 0.216. The van der Waals surface area contributed by atoms with E-state index in [2.05, 4.69) is 37.2 Å². The SMILES string of the molecule is COCn1cc(CC[N+](=O)[O-])c2c1C(=O)C1=C(C2=O)C2(C=C(Br)C(=O)C(Br)=C2)CCN1. The van der Waals surface area contributed by atoms with Gasteiger partial charge in [-0.15, -0.1) is 0 Å². The summed E-state index contributed by atoms with van der Waals surface area (Å²) in [6.45, 7) is 0.0820. The van der Waals surface area contributed by atoms with Crippen molar-refractivity contribution in [1.82, 2.24) is 9.88 Å². The number of fused-ring (bicyclic) bond motifs is 2. The van der Waals surface area contributed by atoms with Gasteiger partial charge in [0.2, 0.25) is 18.1 Å². The van der Waals surface area contributed by atoms with E-state index in [4.69, 9.17) is 4.74 Å². The second-order valence-corrected chi connectivity index (χ2v) is 9.22. The molecule has 0 unspecified atom stereocenters. The van der Waals surface area contributed by atoms with Gasteiger partial charge in [-0.2, -0.15) is 0 Å². The molecule has 2 heterocycles. The number of nitrogens with zero attached hydrogens (tertiary/aromatic N) is 2. The maximum Gasteiger partial charge on any atom is 0.226 e. The second-order valence-electron chi connectivity index (χ2n) is 7.51. The number of allylic oxidation sites excluding steroid dienone is 6. The summed E-state index contributed by atoms with van der Waals surface area (Å²) < 4.78 is 7.27. The van der Waals surface area contributed by atoms with Crippen molar-refractivity contribution in [2.75, 3.05) is 20.2 Å². The topological polar surface area (TPSA) is 121 Å². The molecule has 0 amide bonds. The predicted octanol–water partition coefficient (Wildman–Crippen LogP) is 2.66.